The molecule has 0 aromatic rings. The maximum Gasteiger partial charge on any atom is 0.108 e. The summed E-state index contributed by atoms with van der Waals surface area (Å²) in [5.41, 5.74) is 0.175. The minimum atomic E-state index is 0. The predicted molar refractivity (Wildman–Crippen MR) is 73.7 cm³/mol. The maximum absolute atomic E-state index is 5.80. The zero-order valence-electron chi connectivity index (χ0n) is 11.4. The molecular formula is C13H27ClN2O. The van der Waals surface area contributed by atoms with Gasteiger partial charge in [-0.05, 0) is 58.7 Å². The first-order valence-corrected chi connectivity index (χ1v) is 6.71. The molecule has 0 aromatic carbocycles. The van der Waals surface area contributed by atoms with Crippen LogP contribution < -0.4 is 5.32 Å². The van der Waals surface area contributed by atoms with Crippen LogP contribution in [-0.2, 0) is 4.74 Å². The van der Waals surface area contributed by atoms with Crippen LogP contribution in [0.4, 0.5) is 0 Å². The van der Waals surface area contributed by atoms with Crippen LogP contribution in [0.5, 0.6) is 0 Å². The molecular weight excluding hydrogens is 236 g/mol. The van der Waals surface area contributed by atoms with Crippen molar-refractivity contribution >= 4 is 12.4 Å². The first-order valence-electron chi connectivity index (χ1n) is 6.71. The summed E-state index contributed by atoms with van der Waals surface area (Å²) >= 11 is 0. The van der Waals surface area contributed by atoms with Gasteiger partial charge in [-0.2, -0.15) is 0 Å². The molecule has 2 aliphatic heterocycles. The Hall–Kier alpha value is 0.170. The SMILES string of the molecule is CCN1CCC(CC2NC(C)(C)CO2)CC1.Cl. The third kappa shape index (κ3) is 4.40. The molecule has 1 N–H and O–H groups in total. The van der Waals surface area contributed by atoms with E-state index in [1.54, 1.807) is 0 Å². The molecule has 102 valence electrons. The Morgan fingerprint density at radius 2 is 1.94 bits per heavy atom. The first-order chi connectivity index (χ1) is 7.59. The molecule has 0 saturated carbocycles. The number of ether oxygens (including phenoxy) is 1. The molecule has 1 unspecified atom stereocenters. The third-order valence-corrected chi connectivity index (χ3v) is 3.90. The zero-order chi connectivity index (χ0) is 11.6. The Labute approximate surface area is 112 Å². The lowest BCUT2D eigenvalue weighted by atomic mass is 9.92. The van der Waals surface area contributed by atoms with E-state index in [0.29, 0.717) is 6.23 Å². The quantitative estimate of drug-likeness (QED) is 0.845. The lowest BCUT2D eigenvalue weighted by molar-refractivity contribution is 0.0637. The highest BCUT2D eigenvalue weighted by atomic mass is 35.5. The summed E-state index contributed by atoms with van der Waals surface area (Å²) in [5.74, 6) is 0.856. The highest BCUT2D eigenvalue weighted by Gasteiger charge is 2.32. The summed E-state index contributed by atoms with van der Waals surface area (Å²) < 4.78 is 5.80. The molecule has 2 heterocycles. The van der Waals surface area contributed by atoms with E-state index in [2.05, 4.69) is 31.0 Å². The summed E-state index contributed by atoms with van der Waals surface area (Å²) in [7, 11) is 0. The average Bonchev–Trinajstić information content (AvgIpc) is 2.59. The van der Waals surface area contributed by atoms with Crippen LogP contribution in [0.1, 0.15) is 40.0 Å². The number of piperidine rings is 1. The molecule has 2 fully saturated rings. The van der Waals surface area contributed by atoms with Crippen molar-refractivity contribution in [3.63, 3.8) is 0 Å². The number of likely N-dealkylation sites (tertiary alicyclic amines) is 1. The van der Waals surface area contributed by atoms with Crippen molar-refractivity contribution in [1.29, 1.82) is 0 Å². The molecule has 2 aliphatic rings. The van der Waals surface area contributed by atoms with Crippen molar-refractivity contribution in [2.45, 2.75) is 51.8 Å². The molecule has 0 aromatic heterocycles. The van der Waals surface area contributed by atoms with E-state index in [1.165, 1.54) is 38.9 Å². The van der Waals surface area contributed by atoms with Crippen LogP contribution in [0.25, 0.3) is 0 Å². The zero-order valence-corrected chi connectivity index (χ0v) is 12.2. The summed E-state index contributed by atoms with van der Waals surface area (Å²) in [6.45, 7) is 11.3. The Kier molecular flexibility index (Phi) is 5.71. The van der Waals surface area contributed by atoms with E-state index in [0.717, 1.165) is 12.5 Å². The number of nitrogens with zero attached hydrogens (tertiary/aromatic N) is 1. The van der Waals surface area contributed by atoms with Gasteiger partial charge in [0, 0.05) is 5.54 Å². The van der Waals surface area contributed by atoms with E-state index < -0.39 is 0 Å². The monoisotopic (exact) mass is 262 g/mol. The van der Waals surface area contributed by atoms with Crippen molar-refractivity contribution in [2.75, 3.05) is 26.2 Å². The predicted octanol–water partition coefficient (Wildman–Crippen LogP) is 2.25. The molecule has 17 heavy (non-hydrogen) atoms. The van der Waals surface area contributed by atoms with Crippen LogP contribution in [-0.4, -0.2) is 42.9 Å². The second-order valence-corrected chi connectivity index (χ2v) is 5.94. The second-order valence-electron chi connectivity index (χ2n) is 5.94. The molecule has 2 rings (SSSR count). The van der Waals surface area contributed by atoms with Crippen LogP contribution in [0.15, 0.2) is 0 Å². The standard InChI is InChI=1S/C13H26N2O.ClH/c1-4-15-7-5-11(6-8-15)9-12-14-13(2,3)10-16-12;/h11-12,14H,4-10H2,1-3H3;1H. The van der Waals surface area contributed by atoms with Gasteiger partial charge in [0.1, 0.15) is 6.23 Å². The number of halogens is 1. The molecule has 4 heteroatoms. The molecule has 0 bridgehead atoms. The van der Waals surface area contributed by atoms with Gasteiger partial charge in [0.2, 0.25) is 0 Å². The number of hydrogen-bond donors (Lipinski definition) is 1. The van der Waals surface area contributed by atoms with Crippen molar-refractivity contribution in [3.8, 4) is 0 Å². The fourth-order valence-corrected chi connectivity index (χ4v) is 2.80. The highest BCUT2D eigenvalue weighted by Crippen LogP contribution is 2.25. The van der Waals surface area contributed by atoms with Crippen LogP contribution in [0, 0.1) is 5.92 Å². The van der Waals surface area contributed by atoms with Crippen molar-refractivity contribution < 1.29 is 4.74 Å². The van der Waals surface area contributed by atoms with Gasteiger partial charge in [-0.25, -0.2) is 0 Å². The Morgan fingerprint density at radius 1 is 1.29 bits per heavy atom. The summed E-state index contributed by atoms with van der Waals surface area (Å²) in [6.07, 6.45) is 4.18. The Bertz CT molecular complexity index is 227. The highest BCUT2D eigenvalue weighted by molar-refractivity contribution is 5.85. The molecule has 3 nitrogen and oxygen atoms in total. The van der Waals surface area contributed by atoms with Crippen LogP contribution in [0.3, 0.4) is 0 Å². The van der Waals surface area contributed by atoms with Crippen LogP contribution in [0.2, 0.25) is 0 Å². The largest absolute Gasteiger partial charge is 0.361 e. The second kappa shape index (κ2) is 6.37. The Balaban J connectivity index is 0.00000144. The van der Waals surface area contributed by atoms with E-state index >= 15 is 0 Å². The van der Waals surface area contributed by atoms with E-state index in [9.17, 15) is 0 Å². The lowest BCUT2D eigenvalue weighted by Gasteiger charge is -2.32. The molecule has 0 aliphatic carbocycles. The summed E-state index contributed by atoms with van der Waals surface area (Å²) in [6, 6.07) is 0. The maximum atomic E-state index is 5.80. The Morgan fingerprint density at radius 3 is 2.41 bits per heavy atom. The minimum absolute atomic E-state index is 0. The normalized spacial score (nSPS) is 30.2. The van der Waals surface area contributed by atoms with Gasteiger partial charge in [0.25, 0.3) is 0 Å². The van der Waals surface area contributed by atoms with Crippen molar-refractivity contribution in [2.24, 2.45) is 5.92 Å². The van der Waals surface area contributed by atoms with Gasteiger partial charge in [-0.15, -0.1) is 12.4 Å². The van der Waals surface area contributed by atoms with Gasteiger partial charge in [-0.1, -0.05) is 6.92 Å². The van der Waals surface area contributed by atoms with Gasteiger partial charge in [0.15, 0.2) is 0 Å². The molecule has 0 spiro atoms. The van der Waals surface area contributed by atoms with Crippen molar-refractivity contribution in [1.82, 2.24) is 10.2 Å². The van der Waals surface area contributed by atoms with Gasteiger partial charge < -0.3 is 9.64 Å². The summed E-state index contributed by atoms with van der Waals surface area (Å²) in [4.78, 5) is 2.55. The fraction of sp³-hybridized carbons (Fsp3) is 1.00. The third-order valence-electron chi connectivity index (χ3n) is 3.90. The van der Waals surface area contributed by atoms with E-state index in [-0.39, 0.29) is 17.9 Å². The number of hydrogen-bond acceptors (Lipinski definition) is 3. The van der Waals surface area contributed by atoms with E-state index in [4.69, 9.17) is 4.74 Å². The lowest BCUT2D eigenvalue weighted by Crippen LogP contribution is -2.41. The average molecular weight is 263 g/mol. The number of nitrogens with one attached hydrogen (secondary N) is 1. The topological polar surface area (TPSA) is 24.5 Å². The van der Waals surface area contributed by atoms with Gasteiger partial charge in [-0.3, -0.25) is 5.32 Å². The van der Waals surface area contributed by atoms with E-state index in [1.807, 2.05) is 0 Å². The smallest absolute Gasteiger partial charge is 0.108 e. The molecule has 2 saturated heterocycles. The van der Waals surface area contributed by atoms with Gasteiger partial charge in [0.05, 0.1) is 6.61 Å². The first kappa shape index (κ1) is 15.2. The van der Waals surface area contributed by atoms with Crippen LogP contribution >= 0.6 is 12.4 Å². The molecule has 0 amide bonds. The van der Waals surface area contributed by atoms with Crippen molar-refractivity contribution in [3.05, 3.63) is 0 Å². The molecule has 0 radical (unpaired) electrons. The summed E-state index contributed by atoms with van der Waals surface area (Å²) in [5, 5.41) is 3.57. The molecule has 1 atom stereocenters. The fourth-order valence-electron chi connectivity index (χ4n) is 2.80. The van der Waals surface area contributed by atoms with Gasteiger partial charge >= 0.3 is 0 Å². The minimum Gasteiger partial charge on any atom is -0.361 e. The number of rotatable bonds is 3.